The minimum absolute atomic E-state index is 0.0721. The summed E-state index contributed by atoms with van der Waals surface area (Å²) in [5.74, 6) is -1.62. The number of ketones is 1. The van der Waals surface area contributed by atoms with E-state index in [2.05, 4.69) is 0 Å². The second-order valence-electron chi connectivity index (χ2n) is 7.69. The lowest BCUT2D eigenvalue weighted by Gasteiger charge is -2.34. The fraction of sp³-hybridized carbons (Fsp3) is 0.192. The predicted molar refractivity (Wildman–Crippen MR) is 118 cm³/mol. The van der Waals surface area contributed by atoms with Crippen LogP contribution >= 0.6 is 0 Å². The van der Waals surface area contributed by atoms with Gasteiger partial charge in [0, 0.05) is 12.0 Å². The van der Waals surface area contributed by atoms with Crippen molar-refractivity contribution in [2.75, 3.05) is 6.61 Å². The van der Waals surface area contributed by atoms with Gasteiger partial charge in [-0.05, 0) is 41.0 Å². The molecular formula is C26H22FNO5. The van der Waals surface area contributed by atoms with Gasteiger partial charge in [0.1, 0.15) is 18.5 Å². The van der Waals surface area contributed by atoms with Gasteiger partial charge < -0.3 is 9.47 Å². The molecule has 6 nitrogen and oxygen atoms in total. The van der Waals surface area contributed by atoms with Gasteiger partial charge in [-0.25, -0.2) is 14.0 Å². The first-order chi connectivity index (χ1) is 16.0. The van der Waals surface area contributed by atoms with Crippen molar-refractivity contribution in [3.8, 4) is 0 Å². The smallest absolute Gasteiger partial charge is 0.411 e. The molecule has 1 amide bonds. The zero-order chi connectivity index (χ0) is 23.2. The zero-order valence-electron chi connectivity index (χ0n) is 17.8. The molecule has 0 radical (unpaired) electrons. The Morgan fingerprint density at radius 1 is 0.848 bits per heavy atom. The van der Waals surface area contributed by atoms with Crippen LogP contribution in [0.5, 0.6) is 0 Å². The molecule has 0 aromatic heterocycles. The minimum Gasteiger partial charge on any atom is -0.456 e. The first-order valence-electron chi connectivity index (χ1n) is 10.5. The Morgan fingerprint density at radius 3 is 2.24 bits per heavy atom. The number of nitrogens with zero attached hydrogens (tertiary/aromatic N) is 1. The molecule has 3 aromatic carbocycles. The van der Waals surface area contributed by atoms with Gasteiger partial charge in [-0.3, -0.25) is 9.69 Å². The number of carbonyl (C=O) groups is 3. The van der Waals surface area contributed by atoms with E-state index in [9.17, 15) is 18.8 Å². The Hall–Kier alpha value is -4.00. The summed E-state index contributed by atoms with van der Waals surface area (Å²) in [5, 5.41) is 0. The molecule has 0 saturated carbocycles. The van der Waals surface area contributed by atoms with Crippen molar-refractivity contribution in [2.45, 2.75) is 25.6 Å². The van der Waals surface area contributed by atoms with E-state index in [0.29, 0.717) is 0 Å². The third-order valence-corrected chi connectivity index (χ3v) is 5.47. The fourth-order valence-corrected chi connectivity index (χ4v) is 3.68. The van der Waals surface area contributed by atoms with Crippen LogP contribution in [0.4, 0.5) is 9.18 Å². The molecule has 7 heteroatoms. The van der Waals surface area contributed by atoms with Crippen LogP contribution in [-0.4, -0.2) is 35.4 Å². The topological polar surface area (TPSA) is 72.9 Å². The van der Waals surface area contributed by atoms with Crippen molar-refractivity contribution < 1.29 is 28.2 Å². The molecule has 0 aliphatic carbocycles. The number of halogens is 1. The van der Waals surface area contributed by atoms with E-state index >= 15 is 0 Å². The van der Waals surface area contributed by atoms with Gasteiger partial charge in [0.25, 0.3) is 0 Å². The predicted octanol–water partition coefficient (Wildman–Crippen LogP) is 4.32. The largest absolute Gasteiger partial charge is 0.456 e. The highest BCUT2D eigenvalue weighted by atomic mass is 19.1. The molecule has 33 heavy (non-hydrogen) atoms. The molecule has 0 spiro atoms. The van der Waals surface area contributed by atoms with Gasteiger partial charge >= 0.3 is 12.1 Å². The van der Waals surface area contributed by atoms with Crippen molar-refractivity contribution in [1.29, 1.82) is 0 Å². The summed E-state index contributed by atoms with van der Waals surface area (Å²) >= 11 is 0. The minimum atomic E-state index is -0.927. The highest BCUT2D eigenvalue weighted by Gasteiger charge is 2.37. The van der Waals surface area contributed by atoms with Gasteiger partial charge in [0.15, 0.2) is 12.4 Å². The van der Waals surface area contributed by atoms with Crippen molar-refractivity contribution in [3.63, 3.8) is 0 Å². The maximum atomic E-state index is 13.1. The van der Waals surface area contributed by atoms with Crippen LogP contribution in [0.2, 0.25) is 0 Å². The van der Waals surface area contributed by atoms with Crippen molar-refractivity contribution in [2.24, 2.45) is 0 Å². The zero-order valence-corrected chi connectivity index (χ0v) is 17.8. The first kappa shape index (κ1) is 22.2. The van der Waals surface area contributed by atoms with E-state index in [1.54, 1.807) is 0 Å². The summed E-state index contributed by atoms with van der Waals surface area (Å²) < 4.78 is 23.8. The number of amides is 1. The maximum Gasteiger partial charge on any atom is 0.411 e. The molecule has 0 unspecified atom stereocenters. The molecule has 168 valence electrons. The van der Waals surface area contributed by atoms with Crippen LogP contribution in [0.3, 0.4) is 0 Å². The van der Waals surface area contributed by atoms with Crippen LogP contribution < -0.4 is 0 Å². The quantitative estimate of drug-likeness (QED) is 0.416. The SMILES string of the molecule is O=C(COC(=O)[C@@H]1Cc2ccccc2CN1C(=O)OCc1ccccc1)c1ccc(F)cc1. The molecule has 0 fully saturated rings. The average Bonchev–Trinajstić information content (AvgIpc) is 2.86. The number of esters is 1. The second-order valence-corrected chi connectivity index (χ2v) is 7.69. The fourth-order valence-electron chi connectivity index (χ4n) is 3.68. The number of hydrogen-bond donors (Lipinski definition) is 0. The molecule has 4 rings (SSSR count). The van der Waals surface area contributed by atoms with Crippen molar-refractivity contribution in [3.05, 3.63) is 107 Å². The number of rotatable bonds is 6. The van der Waals surface area contributed by atoms with Crippen LogP contribution in [0.1, 0.15) is 27.0 Å². The Balaban J connectivity index is 1.45. The maximum absolute atomic E-state index is 13.1. The van der Waals surface area contributed by atoms with E-state index < -0.39 is 36.3 Å². The van der Waals surface area contributed by atoms with Crippen LogP contribution in [0.15, 0.2) is 78.9 Å². The molecule has 1 aliphatic heterocycles. The summed E-state index contributed by atoms with van der Waals surface area (Å²) in [4.78, 5) is 39.4. The molecule has 1 atom stereocenters. The van der Waals surface area contributed by atoms with E-state index in [4.69, 9.17) is 9.47 Å². The lowest BCUT2D eigenvalue weighted by atomic mass is 9.94. The van der Waals surface area contributed by atoms with Crippen LogP contribution in [-0.2, 0) is 33.8 Å². The third kappa shape index (κ3) is 5.44. The Labute approximate surface area is 190 Å². The standard InChI is InChI=1S/C26H22FNO5/c27-22-12-10-19(11-13-22)24(29)17-32-25(30)23-14-20-8-4-5-9-21(20)15-28(23)26(31)33-16-18-6-2-1-3-7-18/h1-13,23H,14-17H2/t23-/m0/s1. The summed E-state index contributed by atoms with van der Waals surface area (Å²) in [6.45, 7) is -0.242. The molecule has 0 saturated heterocycles. The molecular weight excluding hydrogens is 425 g/mol. The van der Waals surface area contributed by atoms with Gasteiger partial charge in [-0.2, -0.15) is 0 Å². The molecule has 0 bridgehead atoms. The number of ether oxygens (including phenoxy) is 2. The number of carbonyl (C=O) groups excluding carboxylic acids is 3. The average molecular weight is 447 g/mol. The second kappa shape index (κ2) is 10.1. The lowest BCUT2D eigenvalue weighted by Crippen LogP contribution is -2.49. The Kier molecular flexibility index (Phi) is 6.78. The van der Waals surface area contributed by atoms with Crippen molar-refractivity contribution in [1.82, 2.24) is 4.90 Å². The number of fused-ring (bicyclic) bond motifs is 1. The molecule has 3 aromatic rings. The lowest BCUT2D eigenvalue weighted by molar-refractivity contribution is -0.149. The molecule has 1 aliphatic rings. The van der Waals surface area contributed by atoms with E-state index in [1.807, 2.05) is 54.6 Å². The van der Waals surface area contributed by atoms with E-state index in [0.717, 1.165) is 28.8 Å². The Bertz CT molecular complexity index is 1150. The van der Waals surface area contributed by atoms with E-state index in [1.165, 1.54) is 17.0 Å². The Morgan fingerprint density at radius 2 is 1.52 bits per heavy atom. The van der Waals surface area contributed by atoms with Gasteiger partial charge in [-0.1, -0.05) is 54.6 Å². The normalized spacial score (nSPS) is 14.8. The van der Waals surface area contributed by atoms with E-state index in [-0.39, 0.29) is 25.1 Å². The summed E-state index contributed by atoms with van der Waals surface area (Å²) in [6, 6.07) is 20.8. The molecule has 0 N–H and O–H groups in total. The number of Topliss-reactive ketones (excluding diaryl/α,β-unsaturated/α-hetero) is 1. The van der Waals surface area contributed by atoms with Crippen LogP contribution in [0, 0.1) is 5.82 Å². The third-order valence-electron chi connectivity index (χ3n) is 5.47. The van der Waals surface area contributed by atoms with Gasteiger partial charge in [0.05, 0.1) is 6.54 Å². The number of hydrogen-bond acceptors (Lipinski definition) is 5. The highest BCUT2D eigenvalue weighted by molar-refractivity contribution is 5.98. The van der Waals surface area contributed by atoms with Gasteiger partial charge in [-0.15, -0.1) is 0 Å². The summed E-state index contributed by atoms with van der Waals surface area (Å²) in [5.41, 5.74) is 2.90. The van der Waals surface area contributed by atoms with Crippen LogP contribution in [0.25, 0.3) is 0 Å². The highest BCUT2D eigenvalue weighted by Crippen LogP contribution is 2.25. The molecule has 1 heterocycles. The first-order valence-corrected chi connectivity index (χ1v) is 10.5. The summed E-state index contributed by atoms with van der Waals surface area (Å²) in [6.07, 6.45) is -0.389. The van der Waals surface area contributed by atoms with Gasteiger partial charge in [0.2, 0.25) is 0 Å². The summed E-state index contributed by atoms with van der Waals surface area (Å²) in [7, 11) is 0. The number of benzene rings is 3. The van der Waals surface area contributed by atoms with Crippen molar-refractivity contribution >= 4 is 17.8 Å². The monoisotopic (exact) mass is 447 g/mol.